The van der Waals surface area contributed by atoms with Gasteiger partial charge in [0.05, 0.1) is 85.2 Å². The van der Waals surface area contributed by atoms with Crippen LogP contribution in [0.25, 0.3) is 0 Å². The Morgan fingerprint density at radius 2 is 1.11 bits per heavy atom. The Kier molecular flexibility index (Phi) is 15.7. The minimum absolute atomic E-state index is 0.106. The number of hydrogen-bond acceptors (Lipinski definition) is 15. The van der Waals surface area contributed by atoms with Gasteiger partial charge in [0.2, 0.25) is 11.8 Å². The summed E-state index contributed by atoms with van der Waals surface area (Å²) in [6.07, 6.45) is 2.28. The average Bonchev–Trinajstić information content (AvgIpc) is 3.95. The number of hydrogen-bond donors (Lipinski definition) is 2. The highest BCUT2D eigenvalue weighted by Gasteiger charge is 2.40. The van der Waals surface area contributed by atoms with Crippen molar-refractivity contribution in [1.29, 1.82) is 0 Å². The van der Waals surface area contributed by atoms with Gasteiger partial charge in [0.1, 0.15) is 26.3 Å². The third-order valence-corrected chi connectivity index (χ3v) is 13.5. The molecule has 0 aliphatic carbocycles. The van der Waals surface area contributed by atoms with Crippen molar-refractivity contribution in [2.45, 2.75) is 45.9 Å². The molecule has 17 nitrogen and oxygen atoms in total. The van der Waals surface area contributed by atoms with Crippen molar-refractivity contribution < 1.29 is 59.7 Å². The van der Waals surface area contributed by atoms with Crippen LogP contribution in [0.1, 0.15) is 74.5 Å². The van der Waals surface area contributed by atoms with Gasteiger partial charge >= 0.3 is 0 Å². The molecule has 2 aliphatic rings. The largest absolute Gasteiger partial charge is 0.493 e. The molecular weight excluding hydrogens is 885 g/mol. The zero-order valence-electron chi connectivity index (χ0n) is 35.6. The molecule has 0 saturated heterocycles. The highest BCUT2D eigenvalue weighted by atomic mass is 32.2. The van der Waals surface area contributed by atoms with Crippen molar-refractivity contribution in [3.63, 3.8) is 0 Å². The molecule has 0 unspecified atom stereocenters. The number of nitrogens with zero attached hydrogens (tertiary/aromatic N) is 2. The maximum atomic E-state index is 13.2. The minimum atomic E-state index is -3.43. The van der Waals surface area contributed by atoms with E-state index in [0.29, 0.717) is 79.6 Å². The summed E-state index contributed by atoms with van der Waals surface area (Å²) in [5.41, 5.74) is 3.74. The third kappa shape index (κ3) is 11.4. The monoisotopic (exact) mass is 934 g/mol. The Labute approximate surface area is 369 Å². The molecule has 4 amide bonds. The third-order valence-electron chi connectivity index (χ3n) is 9.63. The summed E-state index contributed by atoms with van der Waals surface area (Å²) >= 11 is 2.46. The lowest BCUT2D eigenvalue weighted by molar-refractivity contribution is -0.119. The second-order valence-electron chi connectivity index (χ2n) is 14.3. The Morgan fingerprint density at radius 3 is 1.47 bits per heavy atom. The Bertz CT molecular complexity index is 2540. The average molecular weight is 935 g/mol. The zero-order chi connectivity index (χ0) is 45.5. The Hall–Kier alpha value is -5.22. The van der Waals surface area contributed by atoms with E-state index in [-0.39, 0.29) is 54.8 Å². The lowest BCUT2D eigenvalue weighted by atomic mass is 10.1. The van der Waals surface area contributed by atoms with E-state index >= 15 is 0 Å². The predicted molar refractivity (Wildman–Crippen MR) is 236 cm³/mol. The first-order chi connectivity index (χ1) is 29.3. The molecule has 0 fully saturated rings. The minimum Gasteiger partial charge on any atom is -0.493 e. The van der Waals surface area contributed by atoms with E-state index in [1.807, 2.05) is 13.8 Å². The molecule has 6 rings (SSSR count). The lowest BCUT2D eigenvalue weighted by Gasteiger charge is -2.28. The number of ether oxygens (including phenoxy) is 5. The van der Waals surface area contributed by atoms with Crippen LogP contribution in [-0.4, -0.2) is 115 Å². The molecule has 2 N–H and O–H groups in total. The molecule has 0 saturated carbocycles. The van der Waals surface area contributed by atoms with Crippen molar-refractivity contribution in [2.24, 2.45) is 0 Å². The van der Waals surface area contributed by atoms with Crippen LogP contribution in [-0.2, 0) is 47.1 Å². The number of sulfone groups is 2. The van der Waals surface area contributed by atoms with Gasteiger partial charge in [-0.1, -0.05) is 12.1 Å². The van der Waals surface area contributed by atoms with Crippen LogP contribution in [0.5, 0.6) is 23.0 Å². The van der Waals surface area contributed by atoms with E-state index in [0.717, 1.165) is 12.5 Å². The number of anilines is 2. The molecule has 4 aromatic rings. The summed E-state index contributed by atoms with van der Waals surface area (Å²) in [5.74, 6) is 0.416. The summed E-state index contributed by atoms with van der Waals surface area (Å²) in [5, 5.41) is 8.91. The van der Waals surface area contributed by atoms with Gasteiger partial charge in [-0.15, -0.1) is 22.7 Å². The Balaban J connectivity index is 0.000000235. The molecule has 0 radical (unpaired) electrons. The maximum Gasteiger partial charge on any atom is 0.265 e. The second-order valence-corrected chi connectivity index (χ2v) is 20.5. The molecule has 0 bridgehead atoms. The maximum absolute atomic E-state index is 13.2. The summed E-state index contributed by atoms with van der Waals surface area (Å²) in [6.45, 7) is 6.17. The summed E-state index contributed by atoms with van der Waals surface area (Å²) in [4.78, 5) is 53.8. The molecule has 62 heavy (non-hydrogen) atoms. The summed E-state index contributed by atoms with van der Waals surface area (Å²) in [7, 11) is -2.37. The number of benzene rings is 2. The number of amides is 4. The van der Waals surface area contributed by atoms with E-state index < -0.39 is 31.8 Å². The van der Waals surface area contributed by atoms with Crippen LogP contribution in [0.3, 0.4) is 0 Å². The van der Waals surface area contributed by atoms with Crippen molar-refractivity contribution in [1.82, 2.24) is 9.80 Å². The zero-order valence-corrected chi connectivity index (χ0v) is 38.8. The number of methoxy groups -OCH3 is 3. The molecule has 21 heteroatoms. The van der Waals surface area contributed by atoms with Crippen LogP contribution in [0.15, 0.2) is 47.2 Å². The number of nitrogens with one attached hydrogen (secondary N) is 2. The predicted octanol–water partition coefficient (Wildman–Crippen LogP) is 5.34. The van der Waals surface area contributed by atoms with Crippen LogP contribution < -0.4 is 29.6 Å². The summed E-state index contributed by atoms with van der Waals surface area (Å²) in [6, 6.07) is 8.86. The molecular formula is C41H50N4O13S4. The van der Waals surface area contributed by atoms with Crippen molar-refractivity contribution in [3.8, 4) is 23.0 Å². The topological polar surface area (TPSA) is 213 Å². The Morgan fingerprint density at radius 1 is 0.694 bits per heavy atom. The van der Waals surface area contributed by atoms with Gasteiger partial charge in [0.15, 0.2) is 23.0 Å². The van der Waals surface area contributed by atoms with Gasteiger partial charge in [0, 0.05) is 48.4 Å². The van der Waals surface area contributed by atoms with Crippen LogP contribution in [0.2, 0.25) is 0 Å². The highest BCUT2D eigenvalue weighted by Crippen LogP contribution is 2.43. The molecule has 2 atom stereocenters. The van der Waals surface area contributed by atoms with E-state index in [4.69, 9.17) is 23.7 Å². The first-order valence-corrected chi connectivity index (χ1v) is 25.1. The van der Waals surface area contributed by atoms with E-state index in [2.05, 4.69) is 10.6 Å². The van der Waals surface area contributed by atoms with Crippen molar-refractivity contribution in [2.75, 3.05) is 75.8 Å². The number of thiophene rings is 2. The first kappa shape index (κ1) is 47.8. The van der Waals surface area contributed by atoms with Gasteiger partial charge in [-0.05, 0) is 49.2 Å². The van der Waals surface area contributed by atoms with Gasteiger partial charge < -0.3 is 44.1 Å². The van der Waals surface area contributed by atoms with Crippen molar-refractivity contribution in [3.05, 3.63) is 79.2 Å². The summed E-state index contributed by atoms with van der Waals surface area (Å²) < 4.78 is 75.6. The van der Waals surface area contributed by atoms with Crippen LogP contribution >= 0.6 is 22.7 Å². The van der Waals surface area contributed by atoms with E-state index in [1.54, 1.807) is 47.2 Å². The molecule has 2 aromatic carbocycles. The number of carbonyl (C=O) groups is 4. The van der Waals surface area contributed by atoms with E-state index in [1.165, 1.54) is 60.7 Å². The number of rotatable bonds is 18. The molecule has 4 heterocycles. The van der Waals surface area contributed by atoms with Gasteiger partial charge in [-0.2, -0.15) is 0 Å². The fourth-order valence-electron chi connectivity index (χ4n) is 7.05. The highest BCUT2D eigenvalue weighted by molar-refractivity contribution is 7.90. The quantitative estimate of drug-likeness (QED) is 0.129. The lowest BCUT2D eigenvalue weighted by Crippen LogP contribution is -2.33. The fraction of sp³-hybridized carbons (Fsp3) is 0.415. The fourth-order valence-corrected chi connectivity index (χ4v) is 10.9. The number of fused-ring (bicyclic) bond motifs is 2. The van der Waals surface area contributed by atoms with Gasteiger partial charge in [-0.3, -0.25) is 19.2 Å². The molecule has 0 spiro atoms. The first-order valence-electron chi connectivity index (χ1n) is 19.2. The van der Waals surface area contributed by atoms with Gasteiger partial charge in [0.25, 0.3) is 11.8 Å². The SMILES string of the molecule is CCOc1cc([C@@H](CS(C)(=O)=O)N2Cc3c(NC(=O)COC)csc3C2=O)ccc1OC.CCOc1cc([C@@H](CS(C)(=O)=O)N2Cc3c(NC(C)=O)csc3C2=O)ccc1OC. The molecule has 2 aromatic heterocycles. The van der Waals surface area contributed by atoms with Crippen molar-refractivity contribution >= 4 is 77.4 Å². The van der Waals surface area contributed by atoms with Crippen LogP contribution in [0.4, 0.5) is 11.4 Å². The van der Waals surface area contributed by atoms with Crippen LogP contribution in [0, 0.1) is 0 Å². The molecule has 2 aliphatic heterocycles. The smallest absolute Gasteiger partial charge is 0.265 e. The standard InChI is InChI=1S/C21H26N2O7S2.C20H24N2O6S2/c1-5-30-18-8-13(6-7-17(18)29-3)16(12-32(4,26)27)23-9-14-15(22-19(24)10-28-2)11-31-20(14)21(23)25;1-5-28-18-8-13(6-7-17(18)27-3)16(11-30(4,25)26)22-9-14-15(21-12(2)23)10-29-19(14)20(22)24/h6-8,11,16H,5,9-10,12H2,1-4H3,(H,22,24);6-8,10,16H,5,9,11H2,1-4H3,(H,21,23)/t2*16-/m11/s1. The normalized spacial score (nSPS) is 14.3. The number of carbonyl (C=O) groups excluding carboxylic acids is 4. The molecule has 336 valence electrons. The van der Waals surface area contributed by atoms with Gasteiger partial charge in [-0.25, -0.2) is 16.8 Å². The van der Waals surface area contributed by atoms with E-state index in [9.17, 15) is 36.0 Å². The second kappa shape index (κ2) is 20.3.